The van der Waals surface area contributed by atoms with Crippen molar-refractivity contribution < 1.29 is 9.53 Å². The Morgan fingerprint density at radius 3 is 2.47 bits per heavy atom. The fourth-order valence-corrected chi connectivity index (χ4v) is 1.23. The Balaban J connectivity index is 2.53. The second-order valence-corrected chi connectivity index (χ2v) is 4.10. The average molecular weight is 207 g/mol. The third-order valence-electron chi connectivity index (χ3n) is 2.25. The molecule has 0 spiro atoms. The van der Waals surface area contributed by atoms with Crippen LogP contribution in [0.5, 0.6) is 0 Å². The normalized spacial score (nSPS) is 10.9. The first-order valence-electron chi connectivity index (χ1n) is 4.93. The van der Waals surface area contributed by atoms with Gasteiger partial charge in [-0.25, -0.2) is 0 Å². The summed E-state index contributed by atoms with van der Waals surface area (Å²) < 4.78 is 4.72. The van der Waals surface area contributed by atoms with Gasteiger partial charge in [0, 0.05) is 12.2 Å². The summed E-state index contributed by atoms with van der Waals surface area (Å²) in [7, 11) is 1.41. The van der Waals surface area contributed by atoms with Crippen molar-refractivity contribution in [2.24, 2.45) is 5.41 Å². The molecule has 1 aromatic rings. The fraction of sp³-hybridized carbons (Fsp3) is 0.417. The van der Waals surface area contributed by atoms with Gasteiger partial charge in [-0.3, -0.25) is 4.79 Å². The van der Waals surface area contributed by atoms with Crippen molar-refractivity contribution >= 4 is 11.7 Å². The fourth-order valence-electron chi connectivity index (χ4n) is 1.23. The summed E-state index contributed by atoms with van der Waals surface area (Å²) in [6.45, 7) is 4.27. The van der Waals surface area contributed by atoms with Crippen molar-refractivity contribution in [1.29, 1.82) is 0 Å². The lowest BCUT2D eigenvalue weighted by Crippen LogP contribution is -2.33. The van der Waals surface area contributed by atoms with Crippen LogP contribution >= 0.6 is 0 Å². The minimum atomic E-state index is -0.509. The lowest BCUT2D eigenvalue weighted by Gasteiger charge is -2.22. The highest BCUT2D eigenvalue weighted by Gasteiger charge is 2.28. The van der Waals surface area contributed by atoms with E-state index in [-0.39, 0.29) is 5.97 Å². The number of anilines is 1. The van der Waals surface area contributed by atoms with Crippen molar-refractivity contribution in [3.05, 3.63) is 30.3 Å². The van der Waals surface area contributed by atoms with Crippen LogP contribution in [0.2, 0.25) is 0 Å². The van der Waals surface area contributed by atoms with E-state index in [2.05, 4.69) is 5.32 Å². The Labute approximate surface area is 90.4 Å². The van der Waals surface area contributed by atoms with Crippen LogP contribution in [-0.2, 0) is 9.53 Å². The Morgan fingerprint density at radius 2 is 1.93 bits per heavy atom. The number of methoxy groups -OCH3 is 1. The molecule has 15 heavy (non-hydrogen) atoms. The SMILES string of the molecule is COC(=O)C(C)(C)CNc1ccccc1. The summed E-state index contributed by atoms with van der Waals surface area (Å²) in [6.07, 6.45) is 0. The van der Waals surface area contributed by atoms with Gasteiger partial charge < -0.3 is 10.1 Å². The molecule has 0 heterocycles. The van der Waals surface area contributed by atoms with Crippen LogP contribution in [0.4, 0.5) is 5.69 Å². The van der Waals surface area contributed by atoms with Crippen LogP contribution in [0, 0.1) is 5.41 Å². The van der Waals surface area contributed by atoms with Gasteiger partial charge in [-0.15, -0.1) is 0 Å². The molecule has 82 valence electrons. The summed E-state index contributed by atoms with van der Waals surface area (Å²) in [6, 6.07) is 9.79. The monoisotopic (exact) mass is 207 g/mol. The highest BCUT2D eigenvalue weighted by Crippen LogP contribution is 2.18. The van der Waals surface area contributed by atoms with E-state index in [0.717, 1.165) is 5.69 Å². The maximum atomic E-state index is 11.4. The third kappa shape index (κ3) is 3.27. The summed E-state index contributed by atoms with van der Waals surface area (Å²) in [5.41, 5.74) is 0.499. The zero-order chi connectivity index (χ0) is 11.3. The molecule has 0 aliphatic heterocycles. The number of hydrogen-bond donors (Lipinski definition) is 1. The van der Waals surface area contributed by atoms with Crippen LogP contribution in [0.15, 0.2) is 30.3 Å². The van der Waals surface area contributed by atoms with Crippen molar-refractivity contribution in [3.63, 3.8) is 0 Å². The van der Waals surface area contributed by atoms with E-state index < -0.39 is 5.41 Å². The maximum absolute atomic E-state index is 11.4. The van der Waals surface area contributed by atoms with E-state index in [0.29, 0.717) is 6.54 Å². The molecule has 0 aliphatic rings. The predicted molar refractivity (Wildman–Crippen MR) is 60.7 cm³/mol. The number of rotatable bonds is 4. The van der Waals surface area contributed by atoms with Gasteiger partial charge in [-0.1, -0.05) is 18.2 Å². The third-order valence-corrected chi connectivity index (χ3v) is 2.25. The molecule has 0 bridgehead atoms. The first kappa shape index (κ1) is 11.6. The quantitative estimate of drug-likeness (QED) is 0.770. The second kappa shape index (κ2) is 4.82. The molecule has 0 saturated heterocycles. The van der Waals surface area contributed by atoms with E-state index >= 15 is 0 Å². The van der Waals surface area contributed by atoms with Gasteiger partial charge in [0.25, 0.3) is 0 Å². The van der Waals surface area contributed by atoms with Crippen molar-refractivity contribution in [2.75, 3.05) is 19.0 Å². The van der Waals surface area contributed by atoms with Gasteiger partial charge >= 0.3 is 5.97 Å². The van der Waals surface area contributed by atoms with E-state index in [9.17, 15) is 4.79 Å². The Bertz CT molecular complexity index is 320. The first-order chi connectivity index (χ1) is 7.06. The zero-order valence-electron chi connectivity index (χ0n) is 9.41. The number of hydrogen-bond acceptors (Lipinski definition) is 3. The molecule has 0 atom stereocenters. The molecule has 0 radical (unpaired) electrons. The number of carbonyl (C=O) groups is 1. The van der Waals surface area contributed by atoms with Crippen LogP contribution < -0.4 is 5.32 Å². The lowest BCUT2D eigenvalue weighted by molar-refractivity contribution is -0.149. The Kier molecular flexibility index (Phi) is 3.72. The van der Waals surface area contributed by atoms with Crippen LogP contribution in [0.1, 0.15) is 13.8 Å². The summed E-state index contributed by atoms with van der Waals surface area (Å²) >= 11 is 0. The highest BCUT2D eigenvalue weighted by atomic mass is 16.5. The molecule has 0 amide bonds. The highest BCUT2D eigenvalue weighted by molar-refractivity contribution is 5.76. The van der Waals surface area contributed by atoms with E-state index in [4.69, 9.17) is 4.74 Å². The number of para-hydroxylation sites is 1. The summed E-state index contributed by atoms with van der Waals surface area (Å²) in [5.74, 6) is -0.203. The van der Waals surface area contributed by atoms with Gasteiger partial charge in [-0.05, 0) is 26.0 Å². The second-order valence-electron chi connectivity index (χ2n) is 4.10. The first-order valence-corrected chi connectivity index (χ1v) is 4.93. The number of benzene rings is 1. The molecule has 0 saturated carbocycles. The topological polar surface area (TPSA) is 38.3 Å². The molecule has 0 aliphatic carbocycles. The summed E-state index contributed by atoms with van der Waals surface area (Å²) in [4.78, 5) is 11.4. The molecule has 0 aromatic heterocycles. The number of nitrogens with one attached hydrogen (secondary N) is 1. The van der Waals surface area contributed by atoms with Gasteiger partial charge in [0.1, 0.15) is 0 Å². The maximum Gasteiger partial charge on any atom is 0.313 e. The van der Waals surface area contributed by atoms with E-state index in [1.54, 1.807) is 0 Å². The molecule has 3 nitrogen and oxygen atoms in total. The smallest absolute Gasteiger partial charge is 0.313 e. The van der Waals surface area contributed by atoms with Crippen LogP contribution in [0.3, 0.4) is 0 Å². The summed E-state index contributed by atoms with van der Waals surface area (Å²) in [5, 5.41) is 3.20. The molecule has 3 heteroatoms. The predicted octanol–water partition coefficient (Wildman–Crippen LogP) is 2.30. The van der Waals surface area contributed by atoms with Crippen molar-refractivity contribution in [3.8, 4) is 0 Å². The molecule has 1 N–H and O–H groups in total. The molecule has 1 aromatic carbocycles. The van der Waals surface area contributed by atoms with Crippen LogP contribution in [0.25, 0.3) is 0 Å². The van der Waals surface area contributed by atoms with Gasteiger partial charge in [0.15, 0.2) is 0 Å². The zero-order valence-corrected chi connectivity index (χ0v) is 9.41. The molecular weight excluding hydrogens is 190 g/mol. The largest absolute Gasteiger partial charge is 0.469 e. The molecule has 1 rings (SSSR count). The van der Waals surface area contributed by atoms with Gasteiger partial charge in [-0.2, -0.15) is 0 Å². The molecule has 0 fully saturated rings. The lowest BCUT2D eigenvalue weighted by atomic mass is 9.93. The number of ether oxygens (including phenoxy) is 1. The molecule has 0 unspecified atom stereocenters. The van der Waals surface area contributed by atoms with Crippen molar-refractivity contribution in [2.45, 2.75) is 13.8 Å². The Hall–Kier alpha value is -1.51. The van der Waals surface area contributed by atoms with Crippen molar-refractivity contribution in [1.82, 2.24) is 0 Å². The van der Waals surface area contributed by atoms with Gasteiger partial charge in [0.2, 0.25) is 0 Å². The van der Waals surface area contributed by atoms with Crippen LogP contribution in [-0.4, -0.2) is 19.6 Å². The van der Waals surface area contributed by atoms with E-state index in [1.807, 2.05) is 44.2 Å². The minimum absolute atomic E-state index is 0.203. The average Bonchev–Trinajstić information content (AvgIpc) is 2.27. The molecular formula is C12H17NO2. The number of carbonyl (C=O) groups excluding carboxylic acids is 1. The van der Waals surface area contributed by atoms with E-state index in [1.165, 1.54) is 7.11 Å². The number of esters is 1. The standard InChI is InChI=1S/C12H17NO2/c1-12(2,11(14)15-3)9-13-10-7-5-4-6-8-10/h4-8,13H,9H2,1-3H3. The van der Waals surface area contributed by atoms with Gasteiger partial charge in [0.05, 0.1) is 12.5 Å². The Morgan fingerprint density at radius 1 is 1.33 bits per heavy atom. The minimum Gasteiger partial charge on any atom is -0.469 e.